The zero-order valence-electron chi connectivity index (χ0n) is 8.35. The molecule has 1 aromatic heterocycles. The van der Waals surface area contributed by atoms with Crippen LogP contribution in [0.3, 0.4) is 0 Å². The fraction of sp³-hybridized carbons (Fsp3) is 0.273. The summed E-state index contributed by atoms with van der Waals surface area (Å²) in [6, 6.07) is 5.39. The number of benzene rings is 1. The average Bonchev–Trinajstić information content (AvgIpc) is 2.63. The Labute approximate surface area is 99.7 Å². The molecule has 1 N–H and O–H groups in total. The first kappa shape index (κ1) is 9.99. The fourth-order valence-electron chi connectivity index (χ4n) is 2.06. The highest BCUT2D eigenvalue weighted by molar-refractivity contribution is 9.10. The van der Waals surface area contributed by atoms with Gasteiger partial charge in [0.2, 0.25) is 0 Å². The zero-order chi connectivity index (χ0) is 11.3. The van der Waals surface area contributed by atoms with Gasteiger partial charge in [0.25, 0.3) is 5.56 Å². The van der Waals surface area contributed by atoms with Crippen LogP contribution in [0, 0.1) is 0 Å². The van der Waals surface area contributed by atoms with Crippen LogP contribution in [-0.4, -0.2) is 14.7 Å². The summed E-state index contributed by atoms with van der Waals surface area (Å²) in [7, 11) is 0. The molecule has 0 fully saturated rings. The van der Waals surface area contributed by atoms with Gasteiger partial charge in [-0.3, -0.25) is 9.36 Å². The molecule has 82 valence electrons. The minimum Gasteiger partial charge on any atom is -0.385 e. The van der Waals surface area contributed by atoms with E-state index in [1.807, 2.05) is 6.07 Å². The maximum absolute atomic E-state index is 12.1. The van der Waals surface area contributed by atoms with E-state index in [-0.39, 0.29) is 5.56 Å². The van der Waals surface area contributed by atoms with E-state index in [1.54, 1.807) is 16.7 Å². The molecule has 0 bridgehead atoms. The van der Waals surface area contributed by atoms with E-state index in [0.717, 1.165) is 4.47 Å². The van der Waals surface area contributed by atoms with Crippen molar-refractivity contribution in [1.82, 2.24) is 9.55 Å². The molecule has 1 atom stereocenters. The molecule has 2 aromatic rings. The average molecular weight is 281 g/mol. The summed E-state index contributed by atoms with van der Waals surface area (Å²) in [6.07, 6.45) is -0.0412. The Hall–Kier alpha value is -1.20. The summed E-state index contributed by atoms with van der Waals surface area (Å²) >= 11 is 3.33. The van der Waals surface area contributed by atoms with Gasteiger partial charge in [-0.15, -0.1) is 0 Å². The largest absolute Gasteiger partial charge is 0.385 e. The first-order valence-electron chi connectivity index (χ1n) is 5.05. The highest BCUT2D eigenvalue weighted by Gasteiger charge is 2.23. The Morgan fingerprint density at radius 2 is 2.31 bits per heavy atom. The minimum atomic E-state index is -0.610. The normalized spacial score (nSPS) is 19.0. The van der Waals surface area contributed by atoms with Crippen LogP contribution in [-0.2, 0) is 6.54 Å². The number of fused-ring (bicyclic) bond motifs is 2. The fourth-order valence-corrected chi connectivity index (χ4v) is 2.42. The predicted octanol–water partition coefficient (Wildman–Crippen LogP) is 1.60. The van der Waals surface area contributed by atoms with E-state index in [1.165, 1.54) is 0 Å². The van der Waals surface area contributed by atoms with Crippen molar-refractivity contribution >= 4 is 26.8 Å². The molecule has 0 aliphatic carbocycles. The molecular formula is C11H9BrN2O2. The third kappa shape index (κ3) is 1.32. The molecule has 0 amide bonds. The van der Waals surface area contributed by atoms with Crippen molar-refractivity contribution in [2.75, 3.05) is 0 Å². The summed E-state index contributed by atoms with van der Waals surface area (Å²) < 4.78 is 2.41. The number of aromatic nitrogens is 2. The molecule has 3 rings (SSSR count). The number of hydrogen-bond acceptors (Lipinski definition) is 3. The Balaban J connectivity index is 2.44. The van der Waals surface area contributed by atoms with E-state index < -0.39 is 6.10 Å². The van der Waals surface area contributed by atoms with Gasteiger partial charge in [-0.05, 0) is 24.6 Å². The number of rotatable bonds is 0. The second kappa shape index (κ2) is 3.40. The van der Waals surface area contributed by atoms with Crippen LogP contribution in [0.1, 0.15) is 18.3 Å². The van der Waals surface area contributed by atoms with E-state index >= 15 is 0 Å². The minimum absolute atomic E-state index is 0.0714. The van der Waals surface area contributed by atoms with Crippen molar-refractivity contribution in [3.63, 3.8) is 0 Å². The topological polar surface area (TPSA) is 55.1 Å². The summed E-state index contributed by atoms with van der Waals surface area (Å²) in [5, 5.41) is 10.3. The summed E-state index contributed by atoms with van der Waals surface area (Å²) in [4.78, 5) is 16.4. The number of hydrogen-bond donors (Lipinski definition) is 1. The van der Waals surface area contributed by atoms with Gasteiger partial charge in [0.1, 0.15) is 11.9 Å². The van der Waals surface area contributed by atoms with Gasteiger partial charge in [0.05, 0.1) is 10.9 Å². The molecule has 0 saturated heterocycles. The van der Waals surface area contributed by atoms with E-state index in [2.05, 4.69) is 20.9 Å². The highest BCUT2D eigenvalue weighted by Crippen LogP contribution is 2.24. The summed E-state index contributed by atoms with van der Waals surface area (Å²) in [5.74, 6) is 0.486. The number of aliphatic hydroxyl groups is 1. The van der Waals surface area contributed by atoms with Crippen molar-refractivity contribution in [1.29, 1.82) is 0 Å². The smallest absolute Gasteiger partial charge is 0.261 e. The van der Waals surface area contributed by atoms with Crippen molar-refractivity contribution in [3.05, 3.63) is 38.9 Å². The van der Waals surface area contributed by atoms with Crippen LogP contribution < -0.4 is 5.56 Å². The molecule has 16 heavy (non-hydrogen) atoms. The predicted molar refractivity (Wildman–Crippen MR) is 63.3 cm³/mol. The van der Waals surface area contributed by atoms with Crippen LogP contribution in [0.4, 0.5) is 0 Å². The SMILES string of the molecule is O=c1c2cc(Br)ccc2nc2n1CC[C@H]2O. The second-order valence-electron chi connectivity index (χ2n) is 3.89. The third-order valence-corrected chi connectivity index (χ3v) is 3.36. The van der Waals surface area contributed by atoms with Gasteiger partial charge >= 0.3 is 0 Å². The van der Waals surface area contributed by atoms with E-state index in [9.17, 15) is 9.90 Å². The van der Waals surface area contributed by atoms with Crippen LogP contribution >= 0.6 is 15.9 Å². The Morgan fingerprint density at radius 3 is 3.12 bits per heavy atom. The molecule has 0 saturated carbocycles. The van der Waals surface area contributed by atoms with Crippen LogP contribution in [0.25, 0.3) is 10.9 Å². The van der Waals surface area contributed by atoms with Crippen LogP contribution in [0.2, 0.25) is 0 Å². The van der Waals surface area contributed by atoms with Crippen molar-refractivity contribution in [3.8, 4) is 0 Å². The highest BCUT2D eigenvalue weighted by atomic mass is 79.9. The lowest BCUT2D eigenvalue weighted by Crippen LogP contribution is -2.21. The number of halogens is 1. The third-order valence-electron chi connectivity index (χ3n) is 2.87. The summed E-state index contributed by atoms with van der Waals surface area (Å²) in [6.45, 7) is 0.546. The van der Waals surface area contributed by atoms with E-state index in [0.29, 0.717) is 29.7 Å². The van der Waals surface area contributed by atoms with E-state index in [4.69, 9.17) is 0 Å². The van der Waals surface area contributed by atoms with Crippen molar-refractivity contribution in [2.24, 2.45) is 0 Å². The molecule has 1 aromatic carbocycles. The maximum Gasteiger partial charge on any atom is 0.261 e. The van der Waals surface area contributed by atoms with Crippen LogP contribution in [0.15, 0.2) is 27.5 Å². The molecule has 1 aliphatic rings. The lowest BCUT2D eigenvalue weighted by molar-refractivity contribution is 0.176. The van der Waals surface area contributed by atoms with Gasteiger partial charge in [0.15, 0.2) is 0 Å². The number of aliphatic hydroxyl groups excluding tert-OH is 1. The van der Waals surface area contributed by atoms with Crippen molar-refractivity contribution in [2.45, 2.75) is 19.1 Å². The lowest BCUT2D eigenvalue weighted by Gasteiger charge is -2.06. The Bertz CT molecular complexity index is 636. The molecule has 2 heterocycles. The van der Waals surface area contributed by atoms with Gasteiger partial charge in [-0.2, -0.15) is 0 Å². The van der Waals surface area contributed by atoms with Crippen LogP contribution in [0.5, 0.6) is 0 Å². The number of nitrogens with zero attached hydrogens (tertiary/aromatic N) is 2. The first-order valence-corrected chi connectivity index (χ1v) is 5.84. The van der Waals surface area contributed by atoms with Gasteiger partial charge in [-0.25, -0.2) is 4.98 Å². The molecule has 0 spiro atoms. The van der Waals surface area contributed by atoms with Gasteiger partial charge in [-0.1, -0.05) is 15.9 Å². The monoisotopic (exact) mass is 280 g/mol. The molecule has 0 radical (unpaired) electrons. The molecule has 0 unspecified atom stereocenters. The lowest BCUT2D eigenvalue weighted by atomic mass is 10.2. The molecular weight excluding hydrogens is 272 g/mol. The van der Waals surface area contributed by atoms with Gasteiger partial charge < -0.3 is 5.11 Å². The maximum atomic E-state index is 12.1. The molecule has 4 nitrogen and oxygen atoms in total. The quantitative estimate of drug-likeness (QED) is 0.798. The Kier molecular flexibility index (Phi) is 2.12. The molecule has 5 heteroatoms. The standard InChI is InChI=1S/C11H9BrN2O2/c12-6-1-2-8-7(5-6)11(16)14-4-3-9(15)10(14)13-8/h1-2,5,9,15H,3-4H2/t9-/m1/s1. The first-order chi connectivity index (χ1) is 7.66. The second-order valence-corrected chi connectivity index (χ2v) is 4.81. The molecule has 1 aliphatic heterocycles. The zero-order valence-corrected chi connectivity index (χ0v) is 9.94. The van der Waals surface area contributed by atoms with Crippen molar-refractivity contribution < 1.29 is 5.11 Å². The summed E-state index contributed by atoms with van der Waals surface area (Å²) in [5.41, 5.74) is 0.568. The van der Waals surface area contributed by atoms with Gasteiger partial charge in [0, 0.05) is 11.0 Å². The Morgan fingerprint density at radius 1 is 1.50 bits per heavy atom.